The standard InChI is InChI=1S/C20H12ClIN2O2/c21-16-6-2-1-5-15(16)19-10-9-14(26-19)11-13(12-23)20(25)24-18-8-4-3-7-17(18)22/h1-11H,(H,24,25). The van der Waals surface area contributed by atoms with E-state index >= 15 is 0 Å². The van der Waals surface area contributed by atoms with Crippen molar-refractivity contribution >= 4 is 51.9 Å². The van der Waals surface area contributed by atoms with E-state index in [-0.39, 0.29) is 5.57 Å². The average Bonchev–Trinajstić information content (AvgIpc) is 3.10. The number of rotatable bonds is 4. The molecule has 3 rings (SSSR count). The van der Waals surface area contributed by atoms with Crippen molar-refractivity contribution in [2.45, 2.75) is 0 Å². The summed E-state index contributed by atoms with van der Waals surface area (Å²) in [4.78, 5) is 12.4. The topological polar surface area (TPSA) is 66.0 Å². The van der Waals surface area contributed by atoms with Crippen LogP contribution in [0.25, 0.3) is 17.4 Å². The molecule has 0 spiro atoms. The number of para-hydroxylation sites is 1. The zero-order valence-corrected chi connectivity index (χ0v) is 16.3. The van der Waals surface area contributed by atoms with E-state index in [4.69, 9.17) is 16.0 Å². The lowest BCUT2D eigenvalue weighted by Gasteiger charge is -2.05. The van der Waals surface area contributed by atoms with E-state index in [9.17, 15) is 10.1 Å². The lowest BCUT2D eigenvalue weighted by atomic mass is 10.2. The molecule has 3 aromatic rings. The number of nitriles is 1. The Labute approximate surface area is 169 Å². The molecule has 26 heavy (non-hydrogen) atoms. The van der Waals surface area contributed by atoms with Crippen LogP contribution in [0.4, 0.5) is 5.69 Å². The largest absolute Gasteiger partial charge is 0.457 e. The third-order valence-corrected chi connectivity index (χ3v) is 4.81. The number of nitrogens with zero attached hydrogens (tertiary/aromatic N) is 1. The molecule has 1 aromatic heterocycles. The van der Waals surface area contributed by atoms with Gasteiger partial charge in [0.2, 0.25) is 0 Å². The summed E-state index contributed by atoms with van der Waals surface area (Å²) < 4.78 is 6.60. The maximum absolute atomic E-state index is 12.4. The number of furan rings is 1. The first kappa shape index (κ1) is 18.2. The van der Waals surface area contributed by atoms with E-state index in [2.05, 4.69) is 27.9 Å². The van der Waals surface area contributed by atoms with Crippen LogP contribution in [-0.4, -0.2) is 5.91 Å². The summed E-state index contributed by atoms with van der Waals surface area (Å²) in [6.45, 7) is 0. The third-order valence-electron chi connectivity index (χ3n) is 3.54. The number of nitrogens with one attached hydrogen (secondary N) is 1. The fourth-order valence-corrected chi connectivity index (χ4v) is 3.03. The van der Waals surface area contributed by atoms with Gasteiger partial charge >= 0.3 is 0 Å². The molecule has 0 atom stereocenters. The van der Waals surface area contributed by atoms with Crippen molar-refractivity contribution in [3.05, 3.63) is 80.6 Å². The Balaban J connectivity index is 1.84. The zero-order valence-electron chi connectivity index (χ0n) is 13.4. The summed E-state index contributed by atoms with van der Waals surface area (Å²) in [6, 6.07) is 20.0. The number of anilines is 1. The minimum Gasteiger partial charge on any atom is -0.457 e. The molecule has 0 aliphatic heterocycles. The van der Waals surface area contributed by atoms with Gasteiger partial charge in [-0.25, -0.2) is 0 Å². The first-order chi connectivity index (χ1) is 12.6. The van der Waals surface area contributed by atoms with Gasteiger partial charge in [0.05, 0.1) is 10.7 Å². The predicted octanol–water partition coefficient (Wildman–Crippen LogP) is 5.75. The fraction of sp³-hybridized carbons (Fsp3) is 0. The molecule has 0 radical (unpaired) electrons. The SMILES string of the molecule is N#CC(=Cc1ccc(-c2ccccc2Cl)o1)C(=O)Nc1ccccc1I. The van der Waals surface area contributed by atoms with Crippen LogP contribution >= 0.6 is 34.2 Å². The number of carbonyl (C=O) groups is 1. The molecule has 0 bridgehead atoms. The van der Waals surface area contributed by atoms with Crippen LogP contribution < -0.4 is 5.32 Å². The Morgan fingerprint density at radius 2 is 1.85 bits per heavy atom. The normalized spacial score (nSPS) is 11.0. The van der Waals surface area contributed by atoms with E-state index in [1.165, 1.54) is 6.08 Å². The highest BCUT2D eigenvalue weighted by Gasteiger charge is 2.13. The highest BCUT2D eigenvalue weighted by molar-refractivity contribution is 14.1. The van der Waals surface area contributed by atoms with Gasteiger partial charge in [-0.05, 0) is 59.0 Å². The van der Waals surface area contributed by atoms with Crippen LogP contribution in [0, 0.1) is 14.9 Å². The molecule has 1 heterocycles. The molecule has 0 saturated heterocycles. The number of halogens is 2. The molecule has 2 aromatic carbocycles. The Morgan fingerprint density at radius 1 is 1.12 bits per heavy atom. The van der Waals surface area contributed by atoms with Gasteiger partial charge in [-0.1, -0.05) is 35.9 Å². The van der Waals surface area contributed by atoms with E-state index < -0.39 is 5.91 Å². The second kappa shape index (κ2) is 8.21. The fourth-order valence-electron chi connectivity index (χ4n) is 2.28. The predicted molar refractivity (Wildman–Crippen MR) is 111 cm³/mol. The van der Waals surface area contributed by atoms with Crippen molar-refractivity contribution in [1.82, 2.24) is 0 Å². The number of hydrogen-bond acceptors (Lipinski definition) is 3. The van der Waals surface area contributed by atoms with Gasteiger partial charge in [0, 0.05) is 15.2 Å². The quantitative estimate of drug-likeness (QED) is 0.297. The molecule has 0 saturated carbocycles. The Hall–Kier alpha value is -2.56. The smallest absolute Gasteiger partial charge is 0.266 e. The van der Waals surface area contributed by atoms with Gasteiger partial charge < -0.3 is 9.73 Å². The number of amides is 1. The lowest BCUT2D eigenvalue weighted by Crippen LogP contribution is -2.14. The summed E-state index contributed by atoms with van der Waals surface area (Å²) >= 11 is 8.28. The van der Waals surface area contributed by atoms with E-state index in [0.717, 1.165) is 9.13 Å². The average molecular weight is 475 g/mol. The van der Waals surface area contributed by atoms with Crippen LogP contribution in [0.1, 0.15) is 5.76 Å². The summed E-state index contributed by atoms with van der Waals surface area (Å²) in [5.41, 5.74) is 1.34. The van der Waals surface area contributed by atoms with Crippen molar-refractivity contribution in [2.24, 2.45) is 0 Å². The van der Waals surface area contributed by atoms with Crippen molar-refractivity contribution < 1.29 is 9.21 Å². The molecule has 0 aliphatic rings. The summed E-state index contributed by atoms with van der Waals surface area (Å²) in [7, 11) is 0. The molecule has 0 unspecified atom stereocenters. The Bertz CT molecular complexity index is 1030. The lowest BCUT2D eigenvalue weighted by molar-refractivity contribution is -0.112. The van der Waals surface area contributed by atoms with Crippen molar-refractivity contribution in [2.75, 3.05) is 5.32 Å². The molecular formula is C20H12ClIN2O2. The highest BCUT2D eigenvalue weighted by Crippen LogP contribution is 2.29. The molecule has 4 nitrogen and oxygen atoms in total. The zero-order chi connectivity index (χ0) is 18.5. The Kier molecular flexibility index (Phi) is 5.76. The van der Waals surface area contributed by atoms with Gasteiger partial charge in [-0.3, -0.25) is 4.79 Å². The summed E-state index contributed by atoms with van der Waals surface area (Å²) in [5, 5.41) is 12.6. The monoisotopic (exact) mass is 474 g/mol. The van der Waals surface area contributed by atoms with Gasteiger partial charge in [0.25, 0.3) is 5.91 Å². The molecule has 0 aliphatic carbocycles. The van der Waals surface area contributed by atoms with Gasteiger partial charge in [-0.15, -0.1) is 0 Å². The summed E-state index contributed by atoms with van der Waals surface area (Å²) in [5.74, 6) is 0.471. The van der Waals surface area contributed by atoms with Crippen LogP contribution in [-0.2, 0) is 4.79 Å². The summed E-state index contributed by atoms with van der Waals surface area (Å²) in [6.07, 6.45) is 1.41. The van der Waals surface area contributed by atoms with Crippen molar-refractivity contribution in [3.63, 3.8) is 0 Å². The van der Waals surface area contributed by atoms with Gasteiger partial charge in [0.1, 0.15) is 23.2 Å². The number of carbonyl (C=O) groups excluding carboxylic acids is 1. The maximum Gasteiger partial charge on any atom is 0.266 e. The minimum absolute atomic E-state index is 0.0512. The molecule has 128 valence electrons. The first-order valence-electron chi connectivity index (χ1n) is 7.61. The van der Waals surface area contributed by atoms with E-state index in [1.54, 1.807) is 24.3 Å². The third kappa shape index (κ3) is 4.15. The van der Waals surface area contributed by atoms with Crippen molar-refractivity contribution in [1.29, 1.82) is 5.26 Å². The van der Waals surface area contributed by atoms with Crippen LogP contribution in [0.3, 0.4) is 0 Å². The first-order valence-corrected chi connectivity index (χ1v) is 9.06. The van der Waals surface area contributed by atoms with Crippen molar-refractivity contribution in [3.8, 4) is 17.4 Å². The minimum atomic E-state index is -0.493. The second-order valence-corrected chi connectivity index (χ2v) is 6.86. The molecule has 0 fully saturated rings. The van der Waals surface area contributed by atoms with Crippen LogP contribution in [0.2, 0.25) is 5.02 Å². The molecule has 6 heteroatoms. The molecule has 1 amide bonds. The Morgan fingerprint density at radius 3 is 2.58 bits per heavy atom. The van der Waals surface area contributed by atoms with E-state index in [1.807, 2.05) is 42.5 Å². The highest BCUT2D eigenvalue weighted by atomic mass is 127. The van der Waals surface area contributed by atoms with Gasteiger partial charge in [0.15, 0.2) is 0 Å². The molecular weight excluding hydrogens is 463 g/mol. The maximum atomic E-state index is 12.4. The van der Waals surface area contributed by atoms with Crippen LogP contribution in [0.15, 0.2) is 70.7 Å². The van der Waals surface area contributed by atoms with E-state index in [0.29, 0.717) is 22.2 Å². The van der Waals surface area contributed by atoms with Crippen LogP contribution in [0.5, 0.6) is 0 Å². The molecule has 1 N–H and O–H groups in total. The number of hydrogen-bond donors (Lipinski definition) is 1. The second-order valence-electron chi connectivity index (χ2n) is 5.29. The van der Waals surface area contributed by atoms with Gasteiger partial charge in [-0.2, -0.15) is 5.26 Å². The number of benzene rings is 2.